The lowest BCUT2D eigenvalue weighted by Crippen LogP contribution is -3.00. The molecule has 1 aromatic rings. The topological polar surface area (TPSA) is 35.5 Å². The van der Waals surface area contributed by atoms with Crippen molar-refractivity contribution >= 4 is 5.78 Å². The van der Waals surface area contributed by atoms with E-state index in [0.717, 1.165) is 17.6 Å². The van der Waals surface area contributed by atoms with Gasteiger partial charge in [-0.2, -0.15) is 0 Å². The van der Waals surface area contributed by atoms with E-state index < -0.39 is 0 Å². The Hall–Kier alpha value is -1.07. The molecule has 0 aliphatic carbocycles. The number of carbonyl (C=O) groups excluding carboxylic acids is 1. The molecule has 4 nitrogen and oxygen atoms in total. The van der Waals surface area contributed by atoms with Gasteiger partial charge in [-0.15, -0.1) is 0 Å². The van der Waals surface area contributed by atoms with Crippen LogP contribution in [0.2, 0.25) is 0 Å². The molecular formula is C18H28BrNO3. The highest BCUT2D eigenvalue weighted by atomic mass is 79.9. The summed E-state index contributed by atoms with van der Waals surface area (Å²) in [4.78, 5) is 12.7. The van der Waals surface area contributed by atoms with Crippen LogP contribution in [-0.2, 0) is 0 Å². The molecule has 1 saturated heterocycles. The highest BCUT2D eigenvalue weighted by Crippen LogP contribution is 2.28. The maximum atomic E-state index is 12.7. The number of quaternary nitrogens is 1. The largest absolute Gasteiger partial charge is 1.00 e. The third kappa shape index (κ3) is 5.50. The van der Waals surface area contributed by atoms with Crippen molar-refractivity contribution in [2.75, 3.05) is 40.9 Å². The molecule has 0 N–H and O–H groups in total. The standard InChI is InChI=1S/C18H28NO3.BrH/c1-19(11-7-5-4-6-8-12-19)14-16(20)15-9-10-17(21-2)18(13-15)22-3;/h9-10,13H,4-8,11-12,14H2,1-3H3;1H/q+1;/p-1. The number of ether oxygens (including phenoxy) is 2. The summed E-state index contributed by atoms with van der Waals surface area (Å²) in [6.07, 6.45) is 6.35. The van der Waals surface area contributed by atoms with E-state index in [1.54, 1.807) is 26.4 Å². The van der Waals surface area contributed by atoms with Crippen molar-refractivity contribution in [1.82, 2.24) is 0 Å². The zero-order chi connectivity index (χ0) is 16.0. The van der Waals surface area contributed by atoms with E-state index in [-0.39, 0.29) is 22.8 Å². The average molecular weight is 386 g/mol. The van der Waals surface area contributed by atoms with Crippen LogP contribution in [0.3, 0.4) is 0 Å². The van der Waals surface area contributed by atoms with Gasteiger partial charge in [-0.05, 0) is 43.9 Å². The summed E-state index contributed by atoms with van der Waals surface area (Å²) in [5.41, 5.74) is 0.707. The predicted molar refractivity (Wildman–Crippen MR) is 87.7 cm³/mol. The SMILES string of the molecule is COc1ccc(C(=O)C[N+]2(C)CCCCCCC2)cc1OC.[Br-]. The fraction of sp³-hybridized carbons (Fsp3) is 0.611. The number of likely N-dealkylation sites (N-methyl/N-ethyl adjacent to an activating group) is 1. The van der Waals surface area contributed by atoms with Crippen molar-refractivity contribution in [3.8, 4) is 11.5 Å². The maximum absolute atomic E-state index is 12.7. The molecule has 5 heteroatoms. The fourth-order valence-corrected chi connectivity index (χ4v) is 3.23. The van der Waals surface area contributed by atoms with Gasteiger partial charge in [-0.25, -0.2) is 0 Å². The van der Waals surface area contributed by atoms with Gasteiger partial charge in [0.25, 0.3) is 0 Å². The van der Waals surface area contributed by atoms with Gasteiger partial charge >= 0.3 is 0 Å². The third-order valence-electron chi connectivity index (χ3n) is 4.63. The molecule has 0 amide bonds. The number of methoxy groups -OCH3 is 2. The quantitative estimate of drug-likeness (QED) is 0.540. The minimum atomic E-state index is 0. The number of ketones is 1. The smallest absolute Gasteiger partial charge is 0.217 e. The normalized spacial score (nSPS) is 17.3. The molecule has 0 bridgehead atoms. The summed E-state index contributed by atoms with van der Waals surface area (Å²) >= 11 is 0. The van der Waals surface area contributed by atoms with Gasteiger partial charge in [0.1, 0.15) is 6.54 Å². The second-order valence-corrected chi connectivity index (χ2v) is 6.49. The first-order valence-corrected chi connectivity index (χ1v) is 8.17. The minimum Gasteiger partial charge on any atom is -1.00 e. The Morgan fingerprint density at radius 1 is 1.00 bits per heavy atom. The summed E-state index contributed by atoms with van der Waals surface area (Å²) in [7, 11) is 5.41. The van der Waals surface area contributed by atoms with Crippen LogP contribution in [0.1, 0.15) is 42.5 Å². The van der Waals surface area contributed by atoms with Crippen LogP contribution in [0, 0.1) is 0 Å². The first-order chi connectivity index (χ1) is 10.6. The highest BCUT2D eigenvalue weighted by Gasteiger charge is 2.26. The van der Waals surface area contributed by atoms with E-state index in [1.165, 1.54) is 32.1 Å². The molecule has 1 aliphatic rings. The van der Waals surface area contributed by atoms with Crippen LogP contribution in [0.5, 0.6) is 11.5 Å². The van der Waals surface area contributed by atoms with Crippen molar-refractivity contribution < 1.29 is 35.7 Å². The number of rotatable bonds is 5. The number of hydrogen-bond donors (Lipinski definition) is 0. The molecule has 0 atom stereocenters. The molecule has 1 heterocycles. The van der Waals surface area contributed by atoms with Gasteiger partial charge in [-0.1, -0.05) is 6.42 Å². The summed E-state index contributed by atoms with van der Waals surface area (Å²) in [6, 6.07) is 5.43. The Kier molecular flexibility index (Phi) is 8.06. The summed E-state index contributed by atoms with van der Waals surface area (Å²) in [6.45, 7) is 2.76. The second kappa shape index (κ2) is 9.28. The summed E-state index contributed by atoms with van der Waals surface area (Å²) in [5, 5.41) is 0. The predicted octanol–water partition coefficient (Wildman–Crippen LogP) is 0.301. The Morgan fingerprint density at radius 3 is 2.13 bits per heavy atom. The van der Waals surface area contributed by atoms with E-state index in [1.807, 2.05) is 6.07 Å². The number of likely N-dealkylation sites (tertiary alicyclic amines) is 1. The Morgan fingerprint density at radius 2 is 1.57 bits per heavy atom. The van der Waals surface area contributed by atoms with Crippen LogP contribution >= 0.6 is 0 Å². The molecule has 0 saturated carbocycles. The molecule has 130 valence electrons. The van der Waals surface area contributed by atoms with Crippen LogP contribution in [0.4, 0.5) is 0 Å². The number of halogens is 1. The summed E-state index contributed by atoms with van der Waals surface area (Å²) in [5.74, 6) is 1.46. The Bertz CT molecular complexity index is 511. The van der Waals surface area contributed by atoms with E-state index in [2.05, 4.69) is 7.05 Å². The van der Waals surface area contributed by atoms with Crippen LogP contribution in [0.25, 0.3) is 0 Å². The van der Waals surface area contributed by atoms with E-state index >= 15 is 0 Å². The van der Waals surface area contributed by atoms with Gasteiger partial charge in [0.2, 0.25) is 5.78 Å². The summed E-state index contributed by atoms with van der Waals surface area (Å²) < 4.78 is 11.4. The van der Waals surface area contributed by atoms with Crippen molar-refractivity contribution in [2.24, 2.45) is 0 Å². The molecule has 0 radical (unpaired) electrons. The number of Topliss-reactive ketones (excluding diaryl/α,β-unsaturated/α-hetero) is 1. The maximum Gasteiger partial charge on any atom is 0.217 e. The van der Waals surface area contributed by atoms with Crippen LogP contribution < -0.4 is 26.5 Å². The number of carbonyl (C=O) groups is 1. The fourth-order valence-electron chi connectivity index (χ4n) is 3.23. The molecule has 23 heavy (non-hydrogen) atoms. The Labute approximate surface area is 150 Å². The van der Waals surface area contributed by atoms with Gasteiger partial charge in [0.05, 0.1) is 34.4 Å². The van der Waals surface area contributed by atoms with E-state index in [4.69, 9.17) is 9.47 Å². The van der Waals surface area contributed by atoms with Crippen molar-refractivity contribution in [2.45, 2.75) is 32.1 Å². The van der Waals surface area contributed by atoms with E-state index in [9.17, 15) is 4.79 Å². The minimum absolute atomic E-state index is 0. The third-order valence-corrected chi connectivity index (χ3v) is 4.63. The zero-order valence-corrected chi connectivity index (χ0v) is 16.0. The lowest BCUT2D eigenvalue weighted by atomic mass is 10.0. The Balaban J connectivity index is 0.00000264. The lowest BCUT2D eigenvalue weighted by molar-refractivity contribution is -0.902. The van der Waals surface area contributed by atoms with Crippen LogP contribution in [-0.4, -0.2) is 51.2 Å². The molecular weight excluding hydrogens is 358 g/mol. The number of hydrogen-bond acceptors (Lipinski definition) is 3. The number of benzene rings is 1. The van der Waals surface area contributed by atoms with Crippen LogP contribution in [0.15, 0.2) is 18.2 Å². The first kappa shape index (κ1) is 20.0. The highest BCUT2D eigenvalue weighted by molar-refractivity contribution is 5.97. The molecule has 0 aromatic heterocycles. The van der Waals surface area contributed by atoms with Crippen molar-refractivity contribution in [3.05, 3.63) is 23.8 Å². The van der Waals surface area contributed by atoms with Gasteiger partial charge in [-0.3, -0.25) is 4.79 Å². The van der Waals surface area contributed by atoms with Crippen molar-refractivity contribution in [1.29, 1.82) is 0 Å². The molecule has 0 unspecified atom stereocenters. The lowest BCUT2D eigenvalue weighted by Gasteiger charge is -2.35. The number of nitrogens with zero attached hydrogens (tertiary/aromatic N) is 1. The first-order valence-electron chi connectivity index (χ1n) is 8.17. The zero-order valence-electron chi connectivity index (χ0n) is 14.4. The molecule has 2 rings (SSSR count). The monoisotopic (exact) mass is 385 g/mol. The second-order valence-electron chi connectivity index (χ2n) is 6.49. The average Bonchev–Trinajstić information content (AvgIpc) is 2.50. The van der Waals surface area contributed by atoms with Gasteiger partial charge < -0.3 is 30.9 Å². The molecule has 1 aromatic carbocycles. The van der Waals surface area contributed by atoms with E-state index in [0.29, 0.717) is 23.6 Å². The molecule has 0 spiro atoms. The molecule has 1 aliphatic heterocycles. The van der Waals surface area contributed by atoms with Gasteiger partial charge in [0.15, 0.2) is 11.5 Å². The molecule has 1 fully saturated rings. The van der Waals surface area contributed by atoms with Gasteiger partial charge in [0, 0.05) is 5.56 Å². The van der Waals surface area contributed by atoms with Crippen molar-refractivity contribution in [3.63, 3.8) is 0 Å².